The molecule has 0 amide bonds. The van der Waals surface area contributed by atoms with Gasteiger partial charge in [0.05, 0.1) is 17.5 Å². The van der Waals surface area contributed by atoms with Crippen LogP contribution in [-0.2, 0) is 9.84 Å². The fourth-order valence-corrected chi connectivity index (χ4v) is 3.11. The van der Waals surface area contributed by atoms with Crippen LogP contribution >= 0.6 is 0 Å². The molecular weight excluding hydrogens is 226 g/mol. The number of hydrogen-bond donors (Lipinski definition) is 0. The SMILES string of the molecule is Cc1nn(C(C)C)c(C)c1S(=O)(=O)CC#N. The molecule has 0 aromatic carbocycles. The predicted molar refractivity (Wildman–Crippen MR) is 59.8 cm³/mol. The van der Waals surface area contributed by atoms with E-state index in [0.717, 1.165) is 0 Å². The quantitative estimate of drug-likeness (QED) is 0.801. The lowest BCUT2D eigenvalue weighted by Crippen LogP contribution is -2.09. The first-order valence-corrected chi connectivity index (χ1v) is 6.62. The average molecular weight is 241 g/mol. The minimum atomic E-state index is -3.53. The largest absolute Gasteiger partial charge is 0.266 e. The Kier molecular flexibility index (Phi) is 3.38. The van der Waals surface area contributed by atoms with Gasteiger partial charge in [0.25, 0.3) is 0 Å². The fraction of sp³-hybridized carbons (Fsp3) is 0.600. The fourth-order valence-electron chi connectivity index (χ4n) is 1.76. The Bertz CT molecular complexity index is 535. The Hall–Kier alpha value is -1.35. The second-order valence-electron chi connectivity index (χ2n) is 3.96. The van der Waals surface area contributed by atoms with Gasteiger partial charge in [0.1, 0.15) is 10.6 Å². The Morgan fingerprint density at radius 3 is 2.38 bits per heavy atom. The van der Waals surface area contributed by atoms with E-state index in [4.69, 9.17) is 5.26 Å². The van der Waals surface area contributed by atoms with Crippen molar-refractivity contribution < 1.29 is 8.42 Å². The maximum absolute atomic E-state index is 11.8. The lowest BCUT2D eigenvalue weighted by molar-refractivity contribution is 0.514. The standard InChI is InChI=1S/C10H15N3O2S/c1-7(2)13-9(4)10(8(3)12-13)16(14,15)6-5-11/h7H,6H2,1-4H3. The summed E-state index contributed by atoms with van der Waals surface area (Å²) in [4.78, 5) is 0.197. The van der Waals surface area contributed by atoms with Gasteiger partial charge in [-0.3, -0.25) is 4.68 Å². The summed E-state index contributed by atoms with van der Waals surface area (Å²) < 4.78 is 25.3. The van der Waals surface area contributed by atoms with Crippen molar-refractivity contribution in [2.24, 2.45) is 0 Å². The first-order valence-electron chi connectivity index (χ1n) is 4.96. The summed E-state index contributed by atoms with van der Waals surface area (Å²) in [7, 11) is -3.53. The van der Waals surface area contributed by atoms with Crippen LogP contribution in [0.1, 0.15) is 31.3 Å². The van der Waals surface area contributed by atoms with Gasteiger partial charge in [-0.25, -0.2) is 8.42 Å². The predicted octanol–water partition coefficient (Wildman–Crippen LogP) is 1.38. The summed E-state index contributed by atoms with van der Waals surface area (Å²) in [6.45, 7) is 7.22. The highest BCUT2D eigenvalue weighted by Gasteiger charge is 2.24. The van der Waals surface area contributed by atoms with E-state index in [2.05, 4.69) is 5.10 Å². The number of aryl methyl sites for hydroxylation is 1. The van der Waals surface area contributed by atoms with Crippen molar-refractivity contribution in [3.05, 3.63) is 11.4 Å². The number of nitrogens with zero attached hydrogens (tertiary/aromatic N) is 3. The third-order valence-electron chi connectivity index (χ3n) is 2.31. The molecule has 0 aliphatic carbocycles. The molecule has 1 rings (SSSR count). The lowest BCUT2D eigenvalue weighted by Gasteiger charge is -2.08. The van der Waals surface area contributed by atoms with Crippen LogP contribution < -0.4 is 0 Å². The molecular formula is C10H15N3O2S. The molecule has 16 heavy (non-hydrogen) atoms. The van der Waals surface area contributed by atoms with E-state index in [1.807, 2.05) is 13.8 Å². The van der Waals surface area contributed by atoms with Crippen LogP contribution in [0.15, 0.2) is 4.90 Å². The molecule has 0 fully saturated rings. The number of sulfone groups is 1. The van der Waals surface area contributed by atoms with Gasteiger partial charge in [-0.05, 0) is 27.7 Å². The maximum atomic E-state index is 11.8. The van der Waals surface area contributed by atoms with Gasteiger partial charge < -0.3 is 0 Å². The zero-order valence-corrected chi connectivity index (χ0v) is 10.7. The van der Waals surface area contributed by atoms with Gasteiger partial charge in [0.15, 0.2) is 9.84 Å². The van der Waals surface area contributed by atoms with E-state index in [9.17, 15) is 8.42 Å². The zero-order chi connectivity index (χ0) is 12.5. The summed E-state index contributed by atoms with van der Waals surface area (Å²) in [5.41, 5.74) is 1.06. The van der Waals surface area contributed by atoms with Crippen LogP contribution in [-0.4, -0.2) is 24.0 Å². The molecule has 0 N–H and O–H groups in total. The Morgan fingerprint density at radius 1 is 1.44 bits per heavy atom. The van der Waals surface area contributed by atoms with E-state index in [0.29, 0.717) is 11.4 Å². The highest BCUT2D eigenvalue weighted by atomic mass is 32.2. The Balaban J connectivity index is 3.43. The minimum absolute atomic E-state index is 0.102. The summed E-state index contributed by atoms with van der Waals surface area (Å²) in [5, 5.41) is 12.7. The average Bonchev–Trinajstić information content (AvgIpc) is 2.41. The van der Waals surface area contributed by atoms with Gasteiger partial charge in [0.2, 0.25) is 0 Å². The van der Waals surface area contributed by atoms with Crippen molar-refractivity contribution >= 4 is 9.84 Å². The van der Waals surface area contributed by atoms with Crippen molar-refractivity contribution in [3.63, 3.8) is 0 Å². The van der Waals surface area contributed by atoms with Crippen molar-refractivity contribution in [2.45, 2.75) is 38.6 Å². The number of aromatic nitrogens is 2. The molecule has 0 saturated carbocycles. The Labute approximate surface area is 95.6 Å². The van der Waals surface area contributed by atoms with Crippen molar-refractivity contribution in [2.75, 3.05) is 5.75 Å². The highest BCUT2D eigenvalue weighted by molar-refractivity contribution is 7.91. The molecule has 0 aliphatic rings. The molecule has 0 spiro atoms. The van der Waals surface area contributed by atoms with E-state index < -0.39 is 15.6 Å². The van der Waals surface area contributed by atoms with Gasteiger partial charge in [-0.2, -0.15) is 10.4 Å². The van der Waals surface area contributed by atoms with Crippen LogP contribution in [0, 0.1) is 25.2 Å². The monoisotopic (exact) mass is 241 g/mol. The summed E-state index contributed by atoms with van der Waals surface area (Å²) in [5.74, 6) is -0.502. The van der Waals surface area contributed by atoms with Gasteiger partial charge in [-0.1, -0.05) is 0 Å². The maximum Gasteiger partial charge on any atom is 0.195 e. The third kappa shape index (κ3) is 2.09. The van der Waals surface area contributed by atoms with Gasteiger partial charge in [0, 0.05) is 6.04 Å². The molecule has 1 aromatic heterocycles. The molecule has 0 unspecified atom stereocenters. The van der Waals surface area contributed by atoms with Crippen molar-refractivity contribution in [1.82, 2.24) is 9.78 Å². The van der Waals surface area contributed by atoms with Crippen LogP contribution in [0.2, 0.25) is 0 Å². The normalized spacial score (nSPS) is 11.8. The van der Waals surface area contributed by atoms with Crippen LogP contribution in [0.3, 0.4) is 0 Å². The topological polar surface area (TPSA) is 75.8 Å². The molecule has 0 aliphatic heterocycles. The van der Waals surface area contributed by atoms with E-state index in [1.165, 1.54) is 0 Å². The summed E-state index contributed by atoms with van der Waals surface area (Å²) in [6.07, 6.45) is 0. The molecule has 88 valence electrons. The number of nitriles is 1. The molecule has 5 nitrogen and oxygen atoms in total. The molecule has 1 aromatic rings. The van der Waals surface area contributed by atoms with E-state index in [1.54, 1.807) is 24.6 Å². The smallest absolute Gasteiger partial charge is 0.195 e. The second kappa shape index (κ2) is 4.26. The summed E-state index contributed by atoms with van der Waals surface area (Å²) in [6, 6.07) is 1.78. The summed E-state index contributed by atoms with van der Waals surface area (Å²) >= 11 is 0. The minimum Gasteiger partial charge on any atom is -0.266 e. The highest BCUT2D eigenvalue weighted by Crippen LogP contribution is 2.22. The van der Waals surface area contributed by atoms with E-state index in [-0.39, 0.29) is 10.9 Å². The molecule has 1 heterocycles. The number of hydrogen-bond acceptors (Lipinski definition) is 4. The zero-order valence-electron chi connectivity index (χ0n) is 9.85. The van der Waals surface area contributed by atoms with Crippen LogP contribution in [0.5, 0.6) is 0 Å². The first kappa shape index (κ1) is 12.7. The molecule has 6 heteroatoms. The van der Waals surface area contributed by atoms with E-state index >= 15 is 0 Å². The lowest BCUT2D eigenvalue weighted by atomic mass is 10.3. The number of rotatable bonds is 3. The molecule has 0 saturated heterocycles. The van der Waals surface area contributed by atoms with Gasteiger partial charge >= 0.3 is 0 Å². The molecule has 0 radical (unpaired) electrons. The van der Waals surface area contributed by atoms with Crippen LogP contribution in [0.25, 0.3) is 0 Å². The van der Waals surface area contributed by atoms with Crippen molar-refractivity contribution in [1.29, 1.82) is 5.26 Å². The Morgan fingerprint density at radius 2 is 2.00 bits per heavy atom. The molecule has 0 atom stereocenters. The van der Waals surface area contributed by atoms with Crippen molar-refractivity contribution in [3.8, 4) is 6.07 Å². The first-order chi connectivity index (χ1) is 7.31. The van der Waals surface area contributed by atoms with Gasteiger partial charge in [-0.15, -0.1) is 0 Å². The molecule has 0 bridgehead atoms. The second-order valence-corrected chi connectivity index (χ2v) is 5.88. The van der Waals surface area contributed by atoms with Crippen LogP contribution in [0.4, 0.5) is 0 Å². The third-order valence-corrected chi connectivity index (χ3v) is 4.04.